The van der Waals surface area contributed by atoms with Gasteiger partial charge in [-0.2, -0.15) is 0 Å². The molecule has 2 fully saturated rings. The fourth-order valence-corrected chi connectivity index (χ4v) is 3.16. The zero-order valence-corrected chi connectivity index (χ0v) is 11.2. The monoisotopic (exact) mass is 224 g/mol. The number of nitrogens with one attached hydrogen (secondary N) is 1. The van der Waals surface area contributed by atoms with Gasteiger partial charge in [-0.25, -0.2) is 0 Å². The van der Waals surface area contributed by atoms with Crippen LogP contribution < -0.4 is 5.32 Å². The van der Waals surface area contributed by atoms with Gasteiger partial charge in [0.2, 0.25) is 0 Å². The molecule has 1 aliphatic carbocycles. The Kier molecular flexibility index (Phi) is 4.26. The van der Waals surface area contributed by atoms with Crippen molar-refractivity contribution in [1.82, 2.24) is 10.2 Å². The molecule has 2 aliphatic rings. The first-order valence-electron chi connectivity index (χ1n) is 7.23. The summed E-state index contributed by atoms with van der Waals surface area (Å²) in [5.41, 5.74) is 0. The zero-order chi connectivity index (χ0) is 11.5. The van der Waals surface area contributed by atoms with E-state index in [0.717, 1.165) is 23.9 Å². The molecule has 4 unspecified atom stereocenters. The van der Waals surface area contributed by atoms with Crippen LogP contribution in [0.5, 0.6) is 0 Å². The van der Waals surface area contributed by atoms with Gasteiger partial charge in [-0.1, -0.05) is 20.3 Å². The second-order valence-electron chi connectivity index (χ2n) is 5.76. The van der Waals surface area contributed by atoms with Crippen LogP contribution in [0.3, 0.4) is 0 Å². The largest absolute Gasteiger partial charge is 0.311 e. The molecule has 0 radical (unpaired) electrons. The minimum absolute atomic E-state index is 0.718. The minimum Gasteiger partial charge on any atom is -0.311 e. The third-order valence-electron chi connectivity index (χ3n) is 4.62. The predicted octanol–water partition coefficient (Wildman–Crippen LogP) is 2.49. The average Bonchev–Trinajstić information content (AvgIpc) is 3.07. The van der Waals surface area contributed by atoms with Crippen LogP contribution in [-0.2, 0) is 0 Å². The van der Waals surface area contributed by atoms with E-state index in [-0.39, 0.29) is 0 Å². The molecule has 0 aromatic rings. The van der Waals surface area contributed by atoms with Crippen LogP contribution in [0, 0.1) is 11.8 Å². The summed E-state index contributed by atoms with van der Waals surface area (Å²) in [5, 5.41) is 3.84. The molecule has 1 aliphatic heterocycles. The van der Waals surface area contributed by atoms with Crippen molar-refractivity contribution in [3.8, 4) is 0 Å². The van der Waals surface area contributed by atoms with E-state index in [1.54, 1.807) is 0 Å². The number of likely N-dealkylation sites (tertiary alicyclic amines) is 1. The van der Waals surface area contributed by atoms with Gasteiger partial charge in [0.15, 0.2) is 0 Å². The van der Waals surface area contributed by atoms with Crippen molar-refractivity contribution in [1.29, 1.82) is 0 Å². The first kappa shape index (κ1) is 12.4. The highest BCUT2D eigenvalue weighted by molar-refractivity contribution is 4.95. The van der Waals surface area contributed by atoms with Crippen molar-refractivity contribution in [3.63, 3.8) is 0 Å². The fraction of sp³-hybridized carbons (Fsp3) is 1.00. The van der Waals surface area contributed by atoms with Gasteiger partial charge in [0.1, 0.15) is 0 Å². The lowest BCUT2D eigenvalue weighted by Crippen LogP contribution is -2.45. The Bertz CT molecular complexity index is 217. The third-order valence-corrected chi connectivity index (χ3v) is 4.62. The van der Waals surface area contributed by atoms with Crippen molar-refractivity contribution in [3.05, 3.63) is 0 Å². The third kappa shape index (κ3) is 2.98. The average molecular weight is 224 g/mol. The molecule has 4 atom stereocenters. The lowest BCUT2D eigenvalue weighted by molar-refractivity contribution is 0.156. The molecule has 2 heteroatoms. The Labute approximate surface area is 101 Å². The quantitative estimate of drug-likeness (QED) is 0.772. The van der Waals surface area contributed by atoms with Crippen LogP contribution in [0.25, 0.3) is 0 Å². The molecule has 2 nitrogen and oxygen atoms in total. The van der Waals surface area contributed by atoms with Crippen LogP contribution in [0.1, 0.15) is 46.5 Å². The molecule has 1 N–H and O–H groups in total. The molecule has 94 valence electrons. The van der Waals surface area contributed by atoms with Crippen molar-refractivity contribution in [2.45, 2.75) is 58.5 Å². The highest BCUT2D eigenvalue weighted by Gasteiger charge is 2.37. The van der Waals surface area contributed by atoms with E-state index in [0.29, 0.717) is 0 Å². The Morgan fingerprint density at radius 3 is 2.81 bits per heavy atom. The lowest BCUT2D eigenvalue weighted by Gasteiger charge is -2.35. The highest BCUT2D eigenvalue weighted by Crippen LogP contribution is 2.34. The van der Waals surface area contributed by atoms with Crippen molar-refractivity contribution in [2.24, 2.45) is 11.8 Å². The van der Waals surface area contributed by atoms with Gasteiger partial charge in [-0.3, -0.25) is 0 Å². The molecule has 0 aromatic heterocycles. The van der Waals surface area contributed by atoms with Gasteiger partial charge in [0, 0.05) is 18.6 Å². The van der Waals surface area contributed by atoms with E-state index in [4.69, 9.17) is 0 Å². The second kappa shape index (κ2) is 5.50. The number of piperidine rings is 1. The molecular formula is C14H28N2. The Morgan fingerprint density at radius 2 is 2.19 bits per heavy atom. The number of rotatable bonds is 5. The van der Waals surface area contributed by atoms with Crippen LogP contribution in [-0.4, -0.2) is 36.6 Å². The van der Waals surface area contributed by atoms with Gasteiger partial charge in [0.25, 0.3) is 0 Å². The first-order valence-corrected chi connectivity index (χ1v) is 7.23. The standard InChI is InChI=1S/C14H28N2/c1-4-12-9-14(12)15-11(3)13-7-6-8-16(5-2)10-13/h11-15H,4-10H2,1-3H3. The van der Waals surface area contributed by atoms with Gasteiger partial charge >= 0.3 is 0 Å². The number of hydrogen-bond donors (Lipinski definition) is 1. The summed E-state index contributed by atoms with van der Waals surface area (Å²) in [6.45, 7) is 10.9. The minimum atomic E-state index is 0.718. The first-order chi connectivity index (χ1) is 7.74. The Balaban J connectivity index is 1.74. The van der Waals surface area contributed by atoms with Crippen molar-refractivity contribution in [2.75, 3.05) is 19.6 Å². The van der Waals surface area contributed by atoms with Gasteiger partial charge < -0.3 is 10.2 Å². The van der Waals surface area contributed by atoms with Crippen molar-refractivity contribution < 1.29 is 0 Å². The maximum absolute atomic E-state index is 3.84. The summed E-state index contributed by atoms with van der Waals surface area (Å²) in [6.07, 6.45) is 5.60. The Morgan fingerprint density at radius 1 is 1.38 bits per heavy atom. The summed E-state index contributed by atoms with van der Waals surface area (Å²) in [5.74, 6) is 1.86. The lowest BCUT2D eigenvalue weighted by atomic mass is 9.91. The Hall–Kier alpha value is -0.0800. The van der Waals surface area contributed by atoms with E-state index in [1.807, 2.05) is 0 Å². The van der Waals surface area contributed by atoms with Crippen molar-refractivity contribution >= 4 is 0 Å². The van der Waals surface area contributed by atoms with E-state index >= 15 is 0 Å². The van der Waals surface area contributed by atoms with Crippen LogP contribution in [0.4, 0.5) is 0 Å². The number of hydrogen-bond acceptors (Lipinski definition) is 2. The molecule has 0 aromatic carbocycles. The molecule has 2 rings (SSSR count). The summed E-state index contributed by atoms with van der Waals surface area (Å²) < 4.78 is 0. The molecule has 0 spiro atoms. The second-order valence-corrected chi connectivity index (χ2v) is 5.76. The summed E-state index contributed by atoms with van der Waals surface area (Å²) in [4.78, 5) is 2.61. The SMILES string of the molecule is CCC1CC1NC(C)C1CCCN(CC)C1. The molecule has 0 bridgehead atoms. The van der Waals surface area contributed by atoms with Gasteiger partial charge in [-0.05, 0) is 51.1 Å². The predicted molar refractivity (Wildman–Crippen MR) is 69.6 cm³/mol. The fourth-order valence-electron chi connectivity index (χ4n) is 3.16. The molecule has 16 heavy (non-hydrogen) atoms. The molecular weight excluding hydrogens is 196 g/mol. The van der Waals surface area contributed by atoms with E-state index in [9.17, 15) is 0 Å². The summed E-state index contributed by atoms with van der Waals surface area (Å²) in [6, 6.07) is 1.56. The maximum atomic E-state index is 3.84. The van der Waals surface area contributed by atoms with Gasteiger partial charge in [-0.15, -0.1) is 0 Å². The van der Waals surface area contributed by atoms with Crippen LogP contribution in [0.2, 0.25) is 0 Å². The molecule has 1 heterocycles. The molecule has 0 amide bonds. The highest BCUT2D eigenvalue weighted by atomic mass is 15.1. The van der Waals surface area contributed by atoms with Crippen LogP contribution >= 0.6 is 0 Å². The topological polar surface area (TPSA) is 15.3 Å². The summed E-state index contributed by atoms with van der Waals surface area (Å²) >= 11 is 0. The van der Waals surface area contributed by atoms with E-state index in [1.165, 1.54) is 45.3 Å². The number of nitrogens with zero attached hydrogens (tertiary/aromatic N) is 1. The molecule has 1 saturated heterocycles. The summed E-state index contributed by atoms with van der Waals surface area (Å²) in [7, 11) is 0. The molecule has 1 saturated carbocycles. The maximum Gasteiger partial charge on any atom is 0.0102 e. The smallest absolute Gasteiger partial charge is 0.0102 e. The zero-order valence-electron chi connectivity index (χ0n) is 11.2. The van der Waals surface area contributed by atoms with Crippen LogP contribution in [0.15, 0.2) is 0 Å². The van der Waals surface area contributed by atoms with E-state index < -0.39 is 0 Å². The van der Waals surface area contributed by atoms with Gasteiger partial charge in [0.05, 0.1) is 0 Å². The van der Waals surface area contributed by atoms with E-state index in [2.05, 4.69) is 31.0 Å². The normalized spacial score (nSPS) is 37.3.